The Balaban J connectivity index is 1.55. The Labute approximate surface area is 133 Å². The van der Waals surface area contributed by atoms with Gasteiger partial charge in [-0.15, -0.1) is 0 Å². The van der Waals surface area contributed by atoms with Crippen LogP contribution in [0.2, 0.25) is 0 Å². The van der Waals surface area contributed by atoms with E-state index in [0.717, 1.165) is 43.7 Å². The average Bonchev–Trinajstić information content (AvgIpc) is 3.17. The highest BCUT2D eigenvalue weighted by Gasteiger charge is 2.16. The number of hydrogen-bond donors (Lipinski definition) is 1. The van der Waals surface area contributed by atoms with Crippen molar-refractivity contribution < 1.29 is 9.53 Å². The minimum atomic E-state index is -0.0401. The molecule has 1 aliphatic rings. The highest BCUT2D eigenvalue weighted by molar-refractivity contribution is 7.16. The molecule has 0 unspecified atom stereocenters. The average molecular weight is 320 g/mol. The highest BCUT2D eigenvalue weighted by atomic mass is 32.1. The van der Waals surface area contributed by atoms with Crippen LogP contribution in [0.4, 0.5) is 0 Å². The van der Waals surface area contributed by atoms with E-state index >= 15 is 0 Å². The van der Waals surface area contributed by atoms with Crippen LogP contribution in [0.15, 0.2) is 24.5 Å². The van der Waals surface area contributed by atoms with Gasteiger partial charge in [-0.25, -0.2) is 4.98 Å². The maximum absolute atomic E-state index is 12.3. The first-order valence-electron chi connectivity index (χ1n) is 7.43. The first-order chi connectivity index (χ1) is 10.7. The second-order valence-electron chi connectivity index (χ2n) is 5.21. The molecule has 0 saturated carbocycles. The molecule has 22 heavy (non-hydrogen) atoms. The van der Waals surface area contributed by atoms with Crippen molar-refractivity contribution in [1.82, 2.24) is 19.8 Å². The van der Waals surface area contributed by atoms with Gasteiger partial charge in [-0.3, -0.25) is 9.69 Å². The monoisotopic (exact) mass is 320 g/mol. The third-order valence-electron chi connectivity index (χ3n) is 3.63. The number of ether oxygens (including phenoxy) is 1. The van der Waals surface area contributed by atoms with Gasteiger partial charge in [0.15, 0.2) is 5.13 Å². The van der Waals surface area contributed by atoms with Crippen LogP contribution in [0.5, 0.6) is 0 Å². The summed E-state index contributed by atoms with van der Waals surface area (Å²) in [5.41, 5.74) is 0.776. The maximum atomic E-state index is 12.3. The summed E-state index contributed by atoms with van der Waals surface area (Å²) in [5, 5.41) is 3.81. The molecule has 2 aromatic heterocycles. The number of carbonyl (C=O) groups is 1. The van der Waals surface area contributed by atoms with Crippen LogP contribution in [0, 0.1) is 6.92 Å². The lowest BCUT2D eigenvalue weighted by Crippen LogP contribution is -2.41. The lowest BCUT2D eigenvalue weighted by molar-refractivity contribution is 0.0383. The summed E-state index contributed by atoms with van der Waals surface area (Å²) in [4.78, 5) is 19.7. The van der Waals surface area contributed by atoms with E-state index in [-0.39, 0.29) is 5.91 Å². The number of amides is 1. The van der Waals surface area contributed by atoms with E-state index in [2.05, 4.69) is 15.2 Å². The molecule has 3 rings (SSSR count). The third-order valence-corrected chi connectivity index (χ3v) is 4.80. The number of aryl methyl sites for hydroxylation is 1. The van der Waals surface area contributed by atoms with Crippen molar-refractivity contribution in [3.63, 3.8) is 0 Å². The van der Waals surface area contributed by atoms with E-state index in [1.54, 1.807) is 0 Å². The highest BCUT2D eigenvalue weighted by Crippen LogP contribution is 2.21. The smallest absolute Gasteiger partial charge is 0.263 e. The van der Waals surface area contributed by atoms with Gasteiger partial charge in [0, 0.05) is 38.6 Å². The van der Waals surface area contributed by atoms with Crippen LogP contribution in [0.1, 0.15) is 15.4 Å². The Kier molecular flexibility index (Phi) is 4.87. The fourth-order valence-corrected chi connectivity index (χ4v) is 3.35. The molecule has 7 heteroatoms. The molecule has 1 N–H and O–H groups in total. The fourth-order valence-electron chi connectivity index (χ4n) is 2.40. The van der Waals surface area contributed by atoms with E-state index in [1.165, 1.54) is 11.3 Å². The van der Waals surface area contributed by atoms with Crippen LogP contribution >= 0.6 is 11.3 Å². The number of hydrogen-bond acceptors (Lipinski definition) is 5. The number of thiazole rings is 1. The molecule has 118 valence electrons. The Hall–Kier alpha value is -1.70. The van der Waals surface area contributed by atoms with E-state index in [1.807, 2.05) is 36.0 Å². The van der Waals surface area contributed by atoms with Crippen LogP contribution in [0.25, 0.3) is 5.13 Å². The van der Waals surface area contributed by atoms with Crippen LogP contribution < -0.4 is 5.32 Å². The minimum absolute atomic E-state index is 0.0401. The number of aromatic nitrogens is 2. The molecule has 1 saturated heterocycles. The summed E-state index contributed by atoms with van der Waals surface area (Å²) >= 11 is 1.42. The van der Waals surface area contributed by atoms with Gasteiger partial charge < -0.3 is 14.6 Å². The topological polar surface area (TPSA) is 59.4 Å². The third kappa shape index (κ3) is 3.55. The molecular weight excluding hydrogens is 300 g/mol. The van der Waals surface area contributed by atoms with Crippen molar-refractivity contribution in [2.24, 2.45) is 0 Å². The van der Waals surface area contributed by atoms with Gasteiger partial charge in [0.2, 0.25) is 0 Å². The van der Waals surface area contributed by atoms with Gasteiger partial charge >= 0.3 is 0 Å². The van der Waals surface area contributed by atoms with Crippen molar-refractivity contribution >= 4 is 17.2 Å². The van der Waals surface area contributed by atoms with Gasteiger partial charge in [-0.05, 0) is 19.1 Å². The lowest BCUT2D eigenvalue weighted by atomic mass is 10.3. The van der Waals surface area contributed by atoms with Gasteiger partial charge in [-0.2, -0.15) is 0 Å². The zero-order valence-electron chi connectivity index (χ0n) is 12.6. The van der Waals surface area contributed by atoms with E-state index in [0.29, 0.717) is 11.4 Å². The molecule has 1 fully saturated rings. The summed E-state index contributed by atoms with van der Waals surface area (Å²) in [5.74, 6) is -0.0401. The summed E-state index contributed by atoms with van der Waals surface area (Å²) in [6.07, 6.45) is 3.86. The van der Waals surface area contributed by atoms with Gasteiger partial charge in [0.25, 0.3) is 5.91 Å². The standard InChI is InChI=1S/C15H20N4O2S/c1-12-13(22-15(17-12)19-5-2-3-6-19)14(20)16-4-7-18-8-10-21-11-9-18/h2-3,5-6H,4,7-11H2,1H3,(H,16,20). The molecule has 0 aliphatic carbocycles. The van der Waals surface area contributed by atoms with Gasteiger partial charge in [-0.1, -0.05) is 11.3 Å². The van der Waals surface area contributed by atoms with E-state index in [4.69, 9.17) is 4.74 Å². The zero-order chi connectivity index (χ0) is 15.4. The molecule has 0 radical (unpaired) electrons. The van der Waals surface area contributed by atoms with Gasteiger partial charge in [0.1, 0.15) is 4.88 Å². The van der Waals surface area contributed by atoms with Crippen molar-refractivity contribution in [1.29, 1.82) is 0 Å². The SMILES string of the molecule is Cc1nc(-n2cccc2)sc1C(=O)NCCN1CCOCC1. The molecule has 2 aromatic rings. The Morgan fingerprint density at radius 1 is 1.36 bits per heavy atom. The Bertz CT molecular complexity index is 618. The Morgan fingerprint density at radius 3 is 2.82 bits per heavy atom. The molecule has 0 bridgehead atoms. The number of rotatable bonds is 5. The number of morpholine rings is 1. The molecule has 1 aliphatic heterocycles. The second kappa shape index (κ2) is 7.04. The van der Waals surface area contributed by atoms with Crippen LogP contribution in [-0.4, -0.2) is 59.8 Å². The quantitative estimate of drug-likeness (QED) is 0.902. The summed E-state index contributed by atoms with van der Waals surface area (Å²) in [6.45, 7) is 6.82. The first kappa shape index (κ1) is 15.2. The number of nitrogens with zero attached hydrogens (tertiary/aromatic N) is 3. The van der Waals surface area contributed by atoms with Crippen LogP contribution in [0.3, 0.4) is 0 Å². The zero-order valence-corrected chi connectivity index (χ0v) is 13.4. The molecule has 0 atom stereocenters. The van der Waals surface area contributed by atoms with Crippen LogP contribution in [-0.2, 0) is 4.74 Å². The maximum Gasteiger partial charge on any atom is 0.263 e. The van der Waals surface area contributed by atoms with E-state index < -0.39 is 0 Å². The molecule has 1 amide bonds. The van der Waals surface area contributed by atoms with Crippen molar-refractivity contribution in [2.45, 2.75) is 6.92 Å². The normalized spacial score (nSPS) is 15.9. The predicted octanol–water partition coefficient (Wildman–Crippen LogP) is 1.30. The van der Waals surface area contributed by atoms with Gasteiger partial charge in [0.05, 0.1) is 18.9 Å². The largest absolute Gasteiger partial charge is 0.379 e. The summed E-state index contributed by atoms with van der Waals surface area (Å²) in [7, 11) is 0. The summed E-state index contributed by atoms with van der Waals surface area (Å²) < 4.78 is 7.23. The number of carbonyl (C=O) groups excluding carboxylic acids is 1. The van der Waals surface area contributed by atoms with Crippen molar-refractivity contribution in [2.75, 3.05) is 39.4 Å². The lowest BCUT2D eigenvalue weighted by Gasteiger charge is -2.26. The van der Waals surface area contributed by atoms with Crippen molar-refractivity contribution in [3.05, 3.63) is 35.1 Å². The fraction of sp³-hybridized carbons (Fsp3) is 0.467. The second-order valence-corrected chi connectivity index (χ2v) is 6.19. The van der Waals surface area contributed by atoms with E-state index in [9.17, 15) is 4.79 Å². The first-order valence-corrected chi connectivity index (χ1v) is 8.25. The number of nitrogens with one attached hydrogen (secondary N) is 1. The molecule has 6 nitrogen and oxygen atoms in total. The molecule has 3 heterocycles. The summed E-state index contributed by atoms with van der Waals surface area (Å²) in [6, 6.07) is 3.89. The van der Waals surface area contributed by atoms with Crippen molar-refractivity contribution in [3.8, 4) is 5.13 Å². The molecular formula is C15H20N4O2S. The molecule has 0 spiro atoms. The predicted molar refractivity (Wildman–Crippen MR) is 85.8 cm³/mol. The molecule has 0 aromatic carbocycles. The Morgan fingerprint density at radius 2 is 2.09 bits per heavy atom. The minimum Gasteiger partial charge on any atom is -0.379 e.